The quantitative estimate of drug-likeness (QED) is 0.647. The Morgan fingerprint density at radius 1 is 1.23 bits per heavy atom. The molecule has 1 aliphatic rings. The first-order chi connectivity index (χ1) is 12.5. The average Bonchev–Trinajstić information content (AvgIpc) is 2.96. The third kappa shape index (κ3) is 3.01. The zero-order chi connectivity index (χ0) is 18.3. The van der Waals surface area contributed by atoms with E-state index in [1.165, 1.54) is 6.20 Å². The lowest BCUT2D eigenvalue weighted by atomic mass is 10.0. The Bertz CT molecular complexity index is 1030. The molecule has 134 valence electrons. The van der Waals surface area contributed by atoms with Crippen LogP contribution in [0, 0.1) is 6.92 Å². The van der Waals surface area contributed by atoms with Crippen LogP contribution in [0.3, 0.4) is 0 Å². The molecule has 1 fully saturated rings. The maximum atomic E-state index is 12.6. The highest BCUT2D eigenvalue weighted by atomic mass is 35.5. The predicted molar refractivity (Wildman–Crippen MR) is 98.6 cm³/mol. The minimum absolute atomic E-state index is 0.0237. The first-order valence-corrected chi connectivity index (χ1v) is 8.93. The molecular weight excluding hydrogens is 354 g/mol. The first-order valence-electron chi connectivity index (χ1n) is 8.55. The van der Waals surface area contributed by atoms with Crippen molar-refractivity contribution in [2.75, 3.05) is 13.1 Å². The van der Waals surface area contributed by atoms with Crippen molar-refractivity contribution in [3.05, 3.63) is 63.4 Å². The molecule has 7 heteroatoms. The number of aryl methyl sites for hydroxylation is 1. The van der Waals surface area contributed by atoms with Crippen molar-refractivity contribution < 1.29 is 9.21 Å². The number of hydrogen-bond donors (Lipinski definition) is 0. The fourth-order valence-corrected chi connectivity index (χ4v) is 3.71. The maximum absolute atomic E-state index is 12.6. The second-order valence-electron chi connectivity index (χ2n) is 6.60. The molecule has 1 aromatic carbocycles. The fourth-order valence-electron chi connectivity index (χ4n) is 3.53. The summed E-state index contributed by atoms with van der Waals surface area (Å²) in [5.41, 5.74) is 3.03. The van der Waals surface area contributed by atoms with Gasteiger partial charge in [0.05, 0.1) is 5.52 Å². The van der Waals surface area contributed by atoms with Crippen molar-refractivity contribution in [3.8, 4) is 0 Å². The molecule has 3 heterocycles. The number of amides is 1. The van der Waals surface area contributed by atoms with Crippen LogP contribution in [0.5, 0.6) is 0 Å². The van der Waals surface area contributed by atoms with E-state index < -0.39 is 0 Å². The number of piperidine rings is 1. The van der Waals surface area contributed by atoms with Crippen LogP contribution in [0.4, 0.5) is 0 Å². The van der Waals surface area contributed by atoms with Gasteiger partial charge in [0.15, 0.2) is 5.58 Å². The topological polar surface area (TPSA) is 68.3 Å². The number of nitrogens with zero attached hydrogens (tertiary/aromatic N) is 3. The Balaban J connectivity index is 1.54. The fraction of sp³-hybridized carbons (Fsp3) is 0.316. The van der Waals surface area contributed by atoms with Gasteiger partial charge in [0, 0.05) is 30.9 Å². The second kappa shape index (κ2) is 6.61. The van der Waals surface area contributed by atoms with E-state index in [4.69, 9.17) is 16.0 Å². The predicted octanol–water partition coefficient (Wildman–Crippen LogP) is 3.43. The Hall–Kier alpha value is -2.60. The van der Waals surface area contributed by atoms with Crippen molar-refractivity contribution >= 4 is 28.6 Å². The second-order valence-corrected chi connectivity index (χ2v) is 6.99. The van der Waals surface area contributed by atoms with Gasteiger partial charge in [0.25, 0.3) is 5.91 Å². The van der Waals surface area contributed by atoms with Gasteiger partial charge in [0.1, 0.15) is 5.15 Å². The van der Waals surface area contributed by atoms with Crippen LogP contribution < -0.4 is 5.76 Å². The van der Waals surface area contributed by atoms with Crippen molar-refractivity contribution in [2.24, 2.45) is 0 Å². The zero-order valence-electron chi connectivity index (χ0n) is 14.3. The van der Waals surface area contributed by atoms with E-state index >= 15 is 0 Å². The summed E-state index contributed by atoms with van der Waals surface area (Å²) in [5, 5.41) is 0.303. The highest BCUT2D eigenvalue weighted by Crippen LogP contribution is 2.27. The van der Waals surface area contributed by atoms with Gasteiger partial charge >= 0.3 is 5.76 Å². The molecule has 3 aromatic rings. The van der Waals surface area contributed by atoms with E-state index in [9.17, 15) is 9.59 Å². The molecule has 1 saturated heterocycles. The lowest BCUT2D eigenvalue weighted by Gasteiger charge is -2.32. The minimum atomic E-state index is -0.337. The van der Waals surface area contributed by atoms with Gasteiger partial charge in [-0.2, -0.15) is 0 Å². The van der Waals surface area contributed by atoms with Crippen LogP contribution in [-0.4, -0.2) is 33.4 Å². The number of hydrogen-bond acceptors (Lipinski definition) is 4. The van der Waals surface area contributed by atoms with Crippen LogP contribution in [0.2, 0.25) is 5.15 Å². The maximum Gasteiger partial charge on any atom is 0.420 e. The molecule has 26 heavy (non-hydrogen) atoms. The minimum Gasteiger partial charge on any atom is -0.408 e. The molecule has 0 spiro atoms. The third-order valence-corrected chi connectivity index (χ3v) is 5.06. The van der Waals surface area contributed by atoms with Crippen LogP contribution >= 0.6 is 11.6 Å². The number of fused-ring (bicyclic) bond motifs is 1. The number of halogens is 1. The summed E-state index contributed by atoms with van der Waals surface area (Å²) in [4.78, 5) is 30.6. The largest absolute Gasteiger partial charge is 0.420 e. The third-order valence-electron chi connectivity index (χ3n) is 4.86. The van der Waals surface area contributed by atoms with Crippen LogP contribution in [0.1, 0.15) is 34.8 Å². The lowest BCUT2D eigenvalue weighted by molar-refractivity contribution is 0.0693. The molecule has 0 unspecified atom stereocenters. The van der Waals surface area contributed by atoms with E-state index in [1.54, 1.807) is 21.6 Å². The molecule has 2 aromatic heterocycles. The van der Waals surface area contributed by atoms with Crippen LogP contribution in [-0.2, 0) is 0 Å². The molecule has 0 radical (unpaired) electrons. The molecule has 0 atom stereocenters. The molecule has 0 N–H and O–H groups in total. The molecule has 6 nitrogen and oxygen atoms in total. The Morgan fingerprint density at radius 2 is 2.00 bits per heavy atom. The van der Waals surface area contributed by atoms with Gasteiger partial charge in [-0.05, 0) is 49.6 Å². The summed E-state index contributed by atoms with van der Waals surface area (Å²) < 4.78 is 7.10. The van der Waals surface area contributed by atoms with E-state index in [-0.39, 0.29) is 17.7 Å². The highest BCUT2D eigenvalue weighted by molar-refractivity contribution is 6.29. The Morgan fingerprint density at radius 3 is 2.73 bits per heavy atom. The first kappa shape index (κ1) is 16.8. The van der Waals surface area contributed by atoms with Gasteiger partial charge in [-0.15, -0.1) is 0 Å². The van der Waals surface area contributed by atoms with E-state index in [0.717, 1.165) is 11.1 Å². The monoisotopic (exact) mass is 371 g/mol. The molecule has 0 aliphatic carbocycles. The number of rotatable bonds is 2. The van der Waals surface area contributed by atoms with E-state index in [2.05, 4.69) is 4.98 Å². The summed E-state index contributed by atoms with van der Waals surface area (Å²) in [6, 6.07) is 8.99. The summed E-state index contributed by atoms with van der Waals surface area (Å²) >= 11 is 5.87. The normalized spacial score (nSPS) is 15.5. The zero-order valence-corrected chi connectivity index (χ0v) is 15.1. The van der Waals surface area contributed by atoms with Crippen molar-refractivity contribution in [2.45, 2.75) is 25.8 Å². The molecule has 1 aliphatic heterocycles. The average molecular weight is 372 g/mol. The number of carbonyl (C=O) groups excluding carboxylic acids is 1. The van der Waals surface area contributed by atoms with Crippen LogP contribution in [0.25, 0.3) is 11.1 Å². The van der Waals surface area contributed by atoms with Crippen LogP contribution in [0.15, 0.2) is 45.7 Å². The van der Waals surface area contributed by atoms with E-state index in [0.29, 0.717) is 42.2 Å². The van der Waals surface area contributed by atoms with Gasteiger partial charge < -0.3 is 9.32 Å². The van der Waals surface area contributed by atoms with Gasteiger partial charge in [-0.25, -0.2) is 9.78 Å². The number of carbonyl (C=O) groups is 1. The van der Waals surface area contributed by atoms with Crippen molar-refractivity contribution in [1.82, 2.24) is 14.5 Å². The van der Waals surface area contributed by atoms with Gasteiger partial charge in [-0.3, -0.25) is 9.36 Å². The SMILES string of the molecule is Cc1ccc2oc(=O)n(C3CCN(C(=O)c4ccnc(Cl)c4)CC3)c2c1. The van der Waals surface area contributed by atoms with Gasteiger partial charge in [-0.1, -0.05) is 17.7 Å². The molecule has 1 amide bonds. The molecule has 4 rings (SSSR count). The number of likely N-dealkylation sites (tertiary alicyclic amines) is 1. The number of oxazole rings is 1. The highest BCUT2D eigenvalue weighted by Gasteiger charge is 2.27. The van der Waals surface area contributed by atoms with E-state index in [1.807, 2.05) is 25.1 Å². The summed E-state index contributed by atoms with van der Waals surface area (Å²) in [6.07, 6.45) is 2.93. The Kier molecular flexibility index (Phi) is 4.28. The standard InChI is InChI=1S/C19H18ClN3O3/c1-12-2-3-16-15(10-12)23(19(25)26-16)14-5-8-22(9-6-14)18(24)13-4-7-21-17(20)11-13/h2-4,7,10-11,14H,5-6,8-9H2,1H3. The summed E-state index contributed by atoms with van der Waals surface area (Å²) in [5.74, 6) is -0.399. The number of aromatic nitrogens is 2. The summed E-state index contributed by atoms with van der Waals surface area (Å²) in [6.45, 7) is 3.14. The van der Waals surface area contributed by atoms with Crippen molar-refractivity contribution in [1.29, 1.82) is 0 Å². The molecule has 0 saturated carbocycles. The summed E-state index contributed by atoms with van der Waals surface area (Å²) in [7, 11) is 0. The smallest absolute Gasteiger partial charge is 0.408 e. The number of benzene rings is 1. The van der Waals surface area contributed by atoms with Gasteiger partial charge in [0.2, 0.25) is 0 Å². The van der Waals surface area contributed by atoms with Crippen molar-refractivity contribution in [3.63, 3.8) is 0 Å². The lowest BCUT2D eigenvalue weighted by Crippen LogP contribution is -2.40. The number of pyridine rings is 1. The molecule has 0 bridgehead atoms. The molecular formula is C19H18ClN3O3. The Labute approximate surface area is 155 Å².